The molecule has 1 atom stereocenters. The Morgan fingerprint density at radius 3 is 2.58 bits per heavy atom. The third kappa shape index (κ3) is 2.80. The number of rotatable bonds is 6. The van der Waals surface area contributed by atoms with E-state index in [1.807, 2.05) is 42.6 Å². The molecule has 0 unspecified atom stereocenters. The number of nitrogens with one attached hydrogen (secondary N) is 1. The fourth-order valence-electron chi connectivity index (χ4n) is 3.12. The van der Waals surface area contributed by atoms with Crippen molar-refractivity contribution >= 4 is 16.9 Å². The number of carboxylic acid groups (broad SMARTS) is 1. The summed E-state index contributed by atoms with van der Waals surface area (Å²) in [5.41, 5.74) is 2.60. The van der Waals surface area contributed by atoms with Crippen LogP contribution in [0.25, 0.3) is 10.9 Å². The number of benzene rings is 2. The van der Waals surface area contributed by atoms with Crippen molar-refractivity contribution in [3.05, 3.63) is 59.8 Å². The predicted molar refractivity (Wildman–Crippen MR) is 89.3 cm³/mol. The number of carbonyl (C=O) groups is 1. The van der Waals surface area contributed by atoms with Crippen molar-refractivity contribution in [2.75, 3.05) is 14.2 Å². The average Bonchev–Trinajstić information content (AvgIpc) is 3.02. The molecule has 24 heavy (non-hydrogen) atoms. The van der Waals surface area contributed by atoms with Crippen molar-refractivity contribution in [2.45, 2.75) is 12.3 Å². The number of fused-ring (bicyclic) bond motifs is 1. The summed E-state index contributed by atoms with van der Waals surface area (Å²) in [6.07, 6.45) is 1.70. The molecule has 0 bridgehead atoms. The number of aromatic amines is 1. The summed E-state index contributed by atoms with van der Waals surface area (Å²) in [7, 11) is 3.10. The Kier molecular flexibility index (Phi) is 4.42. The molecule has 5 nitrogen and oxygen atoms in total. The minimum atomic E-state index is -1.12. The topological polar surface area (TPSA) is 74.4 Å². The lowest BCUT2D eigenvalue weighted by Crippen LogP contribution is -2.25. The molecule has 1 heterocycles. The van der Waals surface area contributed by atoms with Gasteiger partial charge in [0.25, 0.3) is 0 Å². The number of aliphatic carboxylic acids is 1. The zero-order valence-corrected chi connectivity index (χ0v) is 13.5. The molecule has 1 aromatic heterocycles. The maximum Gasteiger partial charge on any atom is 0.164 e. The van der Waals surface area contributed by atoms with E-state index in [2.05, 4.69) is 4.98 Å². The number of hydrogen-bond acceptors (Lipinski definition) is 4. The highest BCUT2D eigenvalue weighted by Gasteiger charge is 2.23. The van der Waals surface area contributed by atoms with Crippen molar-refractivity contribution in [1.29, 1.82) is 0 Å². The molecule has 0 amide bonds. The minimum Gasteiger partial charge on any atom is -0.550 e. The average molecular weight is 324 g/mol. The number of hydrogen-bond donors (Lipinski definition) is 1. The number of H-pyrrole nitrogens is 1. The van der Waals surface area contributed by atoms with Crippen LogP contribution in [0.15, 0.2) is 48.7 Å². The molecule has 0 fully saturated rings. The first-order valence-corrected chi connectivity index (χ1v) is 7.62. The largest absolute Gasteiger partial charge is 0.550 e. The fraction of sp³-hybridized carbons (Fsp3) is 0.211. The second-order valence-electron chi connectivity index (χ2n) is 5.50. The third-order valence-corrected chi connectivity index (χ3v) is 4.18. The van der Waals surface area contributed by atoms with Gasteiger partial charge in [-0.2, -0.15) is 0 Å². The molecule has 0 saturated carbocycles. The number of para-hydroxylation sites is 2. The second-order valence-corrected chi connectivity index (χ2v) is 5.50. The number of carbonyl (C=O) groups excluding carboxylic acids is 1. The molecule has 0 aliphatic heterocycles. The van der Waals surface area contributed by atoms with Gasteiger partial charge >= 0.3 is 0 Å². The van der Waals surface area contributed by atoms with Crippen LogP contribution in [-0.2, 0) is 4.79 Å². The first-order chi connectivity index (χ1) is 11.7. The van der Waals surface area contributed by atoms with Gasteiger partial charge in [0.05, 0.1) is 14.2 Å². The summed E-state index contributed by atoms with van der Waals surface area (Å²) in [5, 5.41) is 12.4. The number of aromatic nitrogens is 1. The lowest BCUT2D eigenvalue weighted by molar-refractivity contribution is -0.305. The highest BCUT2D eigenvalue weighted by Crippen LogP contribution is 2.41. The van der Waals surface area contributed by atoms with Gasteiger partial charge in [-0.3, -0.25) is 0 Å². The van der Waals surface area contributed by atoms with E-state index in [0.717, 1.165) is 22.0 Å². The molecule has 0 aliphatic rings. The second kappa shape index (κ2) is 6.66. The first-order valence-electron chi connectivity index (χ1n) is 7.62. The van der Waals surface area contributed by atoms with Crippen LogP contribution in [0.5, 0.6) is 11.5 Å². The first kappa shape index (κ1) is 15.9. The van der Waals surface area contributed by atoms with Crippen LogP contribution >= 0.6 is 0 Å². The van der Waals surface area contributed by atoms with Gasteiger partial charge in [-0.1, -0.05) is 30.3 Å². The molecule has 2 aromatic carbocycles. The molecule has 0 saturated heterocycles. The molecule has 0 radical (unpaired) electrons. The molecular formula is C19H18NO4-. The quantitative estimate of drug-likeness (QED) is 0.756. The van der Waals surface area contributed by atoms with Crippen LogP contribution in [0.4, 0.5) is 0 Å². The Morgan fingerprint density at radius 1 is 1.08 bits per heavy atom. The van der Waals surface area contributed by atoms with Crippen LogP contribution in [0.1, 0.15) is 23.5 Å². The normalized spacial score (nSPS) is 12.1. The Labute approximate surface area is 139 Å². The molecule has 3 aromatic rings. The van der Waals surface area contributed by atoms with Crippen molar-refractivity contribution in [3.8, 4) is 11.5 Å². The van der Waals surface area contributed by atoms with Crippen LogP contribution in [0, 0.1) is 0 Å². The Morgan fingerprint density at radius 2 is 1.88 bits per heavy atom. The van der Waals surface area contributed by atoms with Crippen LogP contribution in [-0.4, -0.2) is 25.2 Å². The van der Waals surface area contributed by atoms with Crippen LogP contribution in [0.3, 0.4) is 0 Å². The van der Waals surface area contributed by atoms with E-state index < -0.39 is 11.9 Å². The van der Waals surface area contributed by atoms with E-state index >= 15 is 0 Å². The lowest BCUT2D eigenvalue weighted by Gasteiger charge is -2.21. The Bertz CT molecular complexity index is 869. The van der Waals surface area contributed by atoms with Gasteiger partial charge < -0.3 is 24.4 Å². The summed E-state index contributed by atoms with van der Waals surface area (Å²) >= 11 is 0. The SMILES string of the molecule is COc1cccc([C@H](CC(=O)[O-])c2c[nH]c3ccccc23)c1OC. The van der Waals surface area contributed by atoms with Crippen molar-refractivity contribution in [1.82, 2.24) is 4.98 Å². The molecule has 0 aliphatic carbocycles. The van der Waals surface area contributed by atoms with E-state index in [-0.39, 0.29) is 6.42 Å². The standard InChI is InChI=1S/C19H19NO4/c1-23-17-9-5-7-13(19(17)24-2)14(10-18(21)22)15-11-20-16-8-4-3-6-12(15)16/h3-9,11,14,20H,10H2,1-2H3,(H,21,22)/p-1/t14-/m0/s1. The van der Waals surface area contributed by atoms with Crippen molar-refractivity contribution < 1.29 is 19.4 Å². The lowest BCUT2D eigenvalue weighted by atomic mass is 9.87. The zero-order chi connectivity index (χ0) is 17.1. The van der Waals surface area contributed by atoms with Gasteiger partial charge in [0.15, 0.2) is 11.5 Å². The fourth-order valence-corrected chi connectivity index (χ4v) is 3.12. The summed E-state index contributed by atoms with van der Waals surface area (Å²) in [5.74, 6) is -0.416. The smallest absolute Gasteiger partial charge is 0.164 e. The van der Waals surface area contributed by atoms with Gasteiger partial charge in [-0.05, 0) is 24.1 Å². The third-order valence-electron chi connectivity index (χ3n) is 4.18. The predicted octanol–water partition coefficient (Wildman–Crippen LogP) is 2.46. The van der Waals surface area contributed by atoms with E-state index in [1.165, 1.54) is 0 Å². The van der Waals surface area contributed by atoms with Crippen molar-refractivity contribution in [2.24, 2.45) is 0 Å². The number of ether oxygens (including phenoxy) is 2. The Hall–Kier alpha value is -2.95. The highest BCUT2D eigenvalue weighted by atomic mass is 16.5. The maximum absolute atomic E-state index is 11.4. The Balaban J connectivity index is 2.20. The molecule has 124 valence electrons. The summed E-state index contributed by atoms with van der Waals surface area (Å²) in [6.45, 7) is 0. The van der Waals surface area contributed by atoms with Crippen LogP contribution < -0.4 is 14.6 Å². The number of methoxy groups -OCH3 is 2. The van der Waals surface area contributed by atoms with Gasteiger partial charge in [0, 0.05) is 34.6 Å². The molecular weight excluding hydrogens is 306 g/mol. The van der Waals surface area contributed by atoms with Crippen LogP contribution in [0.2, 0.25) is 0 Å². The molecule has 0 spiro atoms. The zero-order valence-electron chi connectivity index (χ0n) is 13.5. The summed E-state index contributed by atoms with van der Waals surface area (Å²) in [6, 6.07) is 13.3. The molecule has 1 N–H and O–H groups in total. The van der Waals surface area contributed by atoms with Gasteiger partial charge in [0.2, 0.25) is 0 Å². The van der Waals surface area contributed by atoms with Gasteiger partial charge in [-0.15, -0.1) is 0 Å². The highest BCUT2D eigenvalue weighted by molar-refractivity contribution is 5.85. The summed E-state index contributed by atoms with van der Waals surface area (Å²) < 4.78 is 10.8. The van der Waals surface area contributed by atoms with Gasteiger partial charge in [0.1, 0.15) is 0 Å². The number of carboxylic acids is 1. The summed E-state index contributed by atoms with van der Waals surface area (Å²) in [4.78, 5) is 14.6. The van der Waals surface area contributed by atoms with E-state index in [1.54, 1.807) is 20.3 Å². The molecule has 3 rings (SSSR count). The van der Waals surface area contributed by atoms with E-state index in [9.17, 15) is 9.90 Å². The molecule has 5 heteroatoms. The van der Waals surface area contributed by atoms with Gasteiger partial charge in [-0.25, -0.2) is 0 Å². The monoisotopic (exact) mass is 324 g/mol. The van der Waals surface area contributed by atoms with E-state index in [4.69, 9.17) is 9.47 Å². The van der Waals surface area contributed by atoms with E-state index in [0.29, 0.717) is 11.5 Å². The minimum absolute atomic E-state index is 0.147. The maximum atomic E-state index is 11.4. The van der Waals surface area contributed by atoms with Crippen molar-refractivity contribution in [3.63, 3.8) is 0 Å².